The molecule has 0 amide bonds. The molecule has 170 valence electrons. The van der Waals surface area contributed by atoms with Crippen molar-refractivity contribution < 1.29 is 27.8 Å². The Morgan fingerprint density at radius 2 is 1.79 bits per heavy atom. The fourth-order valence-corrected chi connectivity index (χ4v) is 3.82. The molecule has 3 aromatic carbocycles. The van der Waals surface area contributed by atoms with Gasteiger partial charge in [-0.1, -0.05) is 36.4 Å². The molecule has 8 heteroatoms. The lowest BCUT2D eigenvalue weighted by Crippen LogP contribution is -2.15. The Morgan fingerprint density at radius 3 is 2.52 bits per heavy atom. The number of alkyl halides is 3. The van der Waals surface area contributed by atoms with Crippen molar-refractivity contribution in [1.82, 2.24) is 4.57 Å². The largest absolute Gasteiger partial charge is 0.489 e. The summed E-state index contributed by atoms with van der Waals surface area (Å²) in [5, 5.41) is 9.56. The minimum atomic E-state index is -4.58. The topological polar surface area (TPSA) is 77.5 Å². The summed E-state index contributed by atoms with van der Waals surface area (Å²) < 4.78 is 47.0. The summed E-state index contributed by atoms with van der Waals surface area (Å²) in [6, 6.07) is 18.7. The molecule has 0 atom stereocenters. The van der Waals surface area contributed by atoms with Gasteiger partial charge in [-0.3, -0.25) is 9.36 Å². The molecule has 4 rings (SSSR count). The monoisotopic (exact) mass is 454 g/mol. The van der Waals surface area contributed by atoms with Gasteiger partial charge < -0.3 is 15.6 Å². The molecule has 0 fully saturated rings. The van der Waals surface area contributed by atoms with E-state index < -0.39 is 12.3 Å². The first-order valence-corrected chi connectivity index (χ1v) is 10.2. The molecule has 0 unspecified atom stereocenters. The van der Waals surface area contributed by atoms with E-state index in [-0.39, 0.29) is 23.1 Å². The molecule has 1 heterocycles. The van der Waals surface area contributed by atoms with E-state index in [0.29, 0.717) is 34.4 Å². The molecule has 0 aliphatic rings. The lowest BCUT2D eigenvalue weighted by atomic mass is 9.97. The van der Waals surface area contributed by atoms with Gasteiger partial charge in [0, 0.05) is 23.7 Å². The Morgan fingerprint density at radius 1 is 1.00 bits per heavy atom. The van der Waals surface area contributed by atoms with E-state index in [9.17, 15) is 18.0 Å². The summed E-state index contributed by atoms with van der Waals surface area (Å²) in [6.45, 7) is 0.281. The standard InChI is InChI=1S/C25H21F3N2O3/c26-25(27,28)30-9-8-20-21(18-6-3-4-16(10-18)14-29)11-17(12-22(20)30)15-33-23-7-2-1-5-19(23)13-24(31)32/h1-12H,13-15,29H2,(H,31,32). The molecular weight excluding hydrogens is 433 g/mol. The SMILES string of the molecule is NCc1cccc(-c2cc(COc3ccccc3CC(=O)O)cc3c2ccn3C(F)(F)F)c1. The van der Waals surface area contributed by atoms with Crippen LogP contribution in [0.25, 0.3) is 22.0 Å². The molecule has 0 spiro atoms. The molecule has 0 saturated carbocycles. The van der Waals surface area contributed by atoms with Gasteiger partial charge in [0.2, 0.25) is 0 Å². The average Bonchev–Trinajstić information content (AvgIpc) is 3.22. The maximum atomic E-state index is 13.6. The van der Waals surface area contributed by atoms with Crippen LogP contribution in [0.3, 0.4) is 0 Å². The molecule has 3 N–H and O–H groups in total. The molecule has 0 saturated heterocycles. The second kappa shape index (κ2) is 8.99. The van der Waals surface area contributed by atoms with Crippen LogP contribution in [0.4, 0.5) is 13.2 Å². The Labute approximate surface area is 187 Å². The quantitative estimate of drug-likeness (QED) is 0.389. The normalized spacial score (nSPS) is 11.6. The maximum Gasteiger partial charge on any atom is 0.488 e. The van der Waals surface area contributed by atoms with Crippen LogP contribution in [0.2, 0.25) is 0 Å². The number of carbonyl (C=O) groups is 1. The average molecular weight is 454 g/mol. The number of benzene rings is 3. The van der Waals surface area contributed by atoms with E-state index in [4.69, 9.17) is 15.6 Å². The molecule has 0 aliphatic heterocycles. The zero-order valence-corrected chi connectivity index (χ0v) is 17.5. The summed E-state index contributed by atoms with van der Waals surface area (Å²) >= 11 is 0. The number of hydrogen-bond donors (Lipinski definition) is 2. The number of aromatic nitrogens is 1. The van der Waals surface area contributed by atoms with Crippen LogP contribution in [0.5, 0.6) is 5.75 Å². The predicted octanol–water partition coefficient (Wildman–Crippen LogP) is 5.45. The van der Waals surface area contributed by atoms with Gasteiger partial charge in [-0.15, -0.1) is 13.2 Å². The number of carboxylic acids is 1. The van der Waals surface area contributed by atoms with Crippen molar-refractivity contribution in [3.8, 4) is 16.9 Å². The van der Waals surface area contributed by atoms with Crippen molar-refractivity contribution in [3.05, 3.63) is 89.6 Å². The summed E-state index contributed by atoms with van der Waals surface area (Å²) in [4.78, 5) is 11.1. The number of rotatable bonds is 7. The number of aliphatic carboxylic acids is 1. The Balaban J connectivity index is 1.78. The van der Waals surface area contributed by atoms with Crippen LogP contribution in [0.15, 0.2) is 72.9 Å². The highest BCUT2D eigenvalue weighted by Gasteiger charge is 2.32. The van der Waals surface area contributed by atoms with Crippen LogP contribution in [0, 0.1) is 0 Å². The first kappa shape index (κ1) is 22.4. The summed E-state index contributed by atoms with van der Waals surface area (Å²) in [5.41, 5.74) is 9.00. The summed E-state index contributed by atoms with van der Waals surface area (Å²) in [7, 11) is 0. The van der Waals surface area contributed by atoms with Gasteiger partial charge in [-0.05, 0) is 52.6 Å². The van der Waals surface area contributed by atoms with Crippen molar-refractivity contribution in [2.45, 2.75) is 25.9 Å². The fourth-order valence-electron chi connectivity index (χ4n) is 3.82. The van der Waals surface area contributed by atoms with Crippen molar-refractivity contribution in [2.24, 2.45) is 5.73 Å². The first-order chi connectivity index (χ1) is 15.8. The van der Waals surface area contributed by atoms with E-state index in [0.717, 1.165) is 17.3 Å². The van der Waals surface area contributed by atoms with Gasteiger partial charge in [-0.2, -0.15) is 0 Å². The molecule has 0 radical (unpaired) electrons. The second-order valence-electron chi connectivity index (χ2n) is 7.60. The third kappa shape index (κ3) is 4.85. The van der Waals surface area contributed by atoms with Crippen molar-refractivity contribution in [1.29, 1.82) is 0 Å². The van der Waals surface area contributed by atoms with E-state index in [1.165, 1.54) is 12.1 Å². The summed E-state index contributed by atoms with van der Waals surface area (Å²) in [5.74, 6) is -0.629. The number of ether oxygens (including phenoxy) is 1. The molecule has 33 heavy (non-hydrogen) atoms. The number of fused-ring (bicyclic) bond motifs is 1. The van der Waals surface area contributed by atoms with Crippen LogP contribution in [-0.4, -0.2) is 15.6 Å². The number of para-hydroxylation sites is 1. The Bertz CT molecular complexity index is 1310. The van der Waals surface area contributed by atoms with Crippen LogP contribution < -0.4 is 10.5 Å². The third-order valence-corrected chi connectivity index (χ3v) is 5.32. The van der Waals surface area contributed by atoms with Gasteiger partial charge in [0.1, 0.15) is 12.4 Å². The number of nitrogens with zero attached hydrogens (tertiary/aromatic N) is 1. The minimum absolute atomic E-state index is 0.00979. The molecule has 5 nitrogen and oxygen atoms in total. The van der Waals surface area contributed by atoms with Crippen molar-refractivity contribution in [2.75, 3.05) is 0 Å². The van der Waals surface area contributed by atoms with E-state index in [2.05, 4.69) is 0 Å². The molecule has 0 bridgehead atoms. The molecule has 1 aromatic heterocycles. The number of nitrogens with two attached hydrogens (primary N) is 1. The van der Waals surface area contributed by atoms with Crippen molar-refractivity contribution >= 4 is 16.9 Å². The Kier molecular flexibility index (Phi) is 6.11. The first-order valence-electron chi connectivity index (χ1n) is 10.2. The highest BCUT2D eigenvalue weighted by Crippen LogP contribution is 2.36. The van der Waals surface area contributed by atoms with Gasteiger partial charge in [0.15, 0.2) is 0 Å². The highest BCUT2D eigenvalue weighted by atomic mass is 19.4. The highest BCUT2D eigenvalue weighted by molar-refractivity contribution is 5.96. The van der Waals surface area contributed by atoms with Crippen LogP contribution >= 0.6 is 0 Å². The number of hydrogen-bond acceptors (Lipinski definition) is 3. The van der Waals surface area contributed by atoms with Crippen LogP contribution in [0.1, 0.15) is 16.7 Å². The third-order valence-electron chi connectivity index (χ3n) is 5.32. The zero-order valence-electron chi connectivity index (χ0n) is 17.5. The lowest BCUT2D eigenvalue weighted by molar-refractivity contribution is -0.200. The predicted molar refractivity (Wildman–Crippen MR) is 119 cm³/mol. The number of carboxylic acid groups (broad SMARTS) is 1. The van der Waals surface area contributed by atoms with Crippen molar-refractivity contribution in [3.63, 3.8) is 0 Å². The summed E-state index contributed by atoms with van der Waals surface area (Å²) in [6.07, 6.45) is -3.79. The molecule has 4 aromatic rings. The molecular formula is C25H21F3N2O3. The maximum absolute atomic E-state index is 13.6. The number of halogens is 3. The van der Waals surface area contributed by atoms with Gasteiger partial charge in [0.05, 0.1) is 11.9 Å². The minimum Gasteiger partial charge on any atom is -0.489 e. The fraction of sp³-hybridized carbons (Fsp3) is 0.160. The van der Waals surface area contributed by atoms with E-state index in [1.807, 2.05) is 24.3 Å². The second-order valence-corrected chi connectivity index (χ2v) is 7.60. The van der Waals surface area contributed by atoms with E-state index in [1.54, 1.807) is 30.3 Å². The van der Waals surface area contributed by atoms with Gasteiger partial charge >= 0.3 is 12.3 Å². The Hall–Kier alpha value is -3.78. The van der Waals surface area contributed by atoms with Gasteiger partial charge in [0.25, 0.3) is 0 Å². The smallest absolute Gasteiger partial charge is 0.488 e. The van der Waals surface area contributed by atoms with Crippen LogP contribution in [-0.2, 0) is 30.7 Å². The van der Waals surface area contributed by atoms with E-state index >= 15 is 0 Å². The zero-order chi connectivity index (χ0) is 23.6. The van der Waals surface area contributed by atoms with Gasteiger partial charge in [-0.25, -0.2) is 0 Å². The molecule has 0 aliphatic carbocycles. The lowest BCUT2D eigenvalue weighted by Gasteiger charge is -2.15.